The second kappa shape index (κ2) is 5.25. The van der Waals surface area contributed by atoms with Gasteiger partial charge in [-0.3, -0.25) is 0 Å². The van der Waals surface area contributed by atoms with Crippen LogP contribution in [0.1, 0.15) is 5.56 Å². The number of pyridine rings is 1. The topological polar surface area (TPSA) is 24.9 Å². The van der Waals surface area contributed by atoms with Crippen molar-refractivity contribution in [3.63, 3.8) is 0 Å². The van der Waals surface area contributed by atoms with Crippen molar-refractivity contribution in [1.29, 1.82) is 0 Å². The number of aromatic nitrogens is 1. The highest BCUT2D eigenvalue weighted by molar-refractivity contribution is 9.10. The minimum Gasteiger partial charge on any atom is -0.338 e. The van der Waals surface area contributed by atoms with Crippen molar-refractivity contribution >= 4 is 50.6 Å². The van der Waals surface area contributed by atoms with Crippen LogP contribution in [0.5, 0.6) is 0 Å². The van der Waals surface area contributed by atoms with E-state index < -0.39 is 0 Å². The lowest BCUT2D eigenvalue weighted by molar-refractivity contribution is 1.24. The molecule has 1 aromatic carbocycles. The highest BCUT2D eigenvalue weighted by Gasteiger charge is 2.06. The Hall–Kier alpha value is -0.770. The number of nitrogens with one attached hydrogen (secondary N) is 1. The molecule has 0 amide bonds. The summed E-state index contributed by atoms with van der Waals surface area (Å²) in [6.45, 7) is 1.98. The Morgan fingerprint density at radius 1 is 1.24 bits per heavy atom. The van der Waals surface area contributed by atoms with E-state index in [1.165, 1.54) is 0 Å². The van der Waals surface area contributed by atoms with Crippen molar-refractivity contribution in [3.05, 3.63) is 50.5 Å². The Labute approximate surface area is 118 Å². The molecule has 0 aliphatic carbocycles. The summed E-state index contributed by atoms with van der Waals surface area (Å²) < 4.78 is 0.883. The van der Waals surface area contributed by atoms with Crippen LogP contribution in [0.15, 0.2) is 34.9 Å². The Morgan fingerprint density at radius 3 is 2.71 bits per heavy atom. The molecule has 2 nitrogen and oxygen atoms in total. The molecule has 17 heavy (non-hydrogen) atoms. The molecule has 0 saturated carbocycles. The van der Waals surface area contributed by atoms with Gasteiger partial charge in [0.25, 0.3) is 0 Å². The average Bonchev–Trinajstić information content (AvgIpc) is 2.27. The van der Waals surface area contributed by atoms with Gasteiger partial charge in [-0.15, -0.1) is 0 Å². The van der Waals surface area contributed by atoms with E-state index in [-0.39, 0.29) is 0 Å². The first-order valence-corrected chi connectivity index (χ1v) is 6.45. The second-order valence-corrected chi connectivity index (χ2v) is 5.29. The maximum absolute atomic E-state index is 6.07. The average molecular weight is 332 g/mol. The van der Waals surface area contributed by atoms with Crippen molar-refractivity contribution in [3.8, 4) is 0 Å². The zero-order valence-corrected chi connectivity index (χ0v) is 12.1. The summed E-state index contributed by atoms with van der Waals surface area (Å²) in [5.74, 6) is 0.708. The maximum Gasteiger partial charge on any atom is 0.144 e. The zero-order valence-electron chi connectivity index (χ0n) is 8.97. The van der Waals surface area contributed by atoms with Crippen LogP contribution in [0.4, 0.5) is 11.5 Å². The summed E-state index contributed by atoms with van der Waals surface area (Å²) in [4.78, 5) is 4.28. The molecule has 0 unspecified atom stereocenters. The minimum atomic E-state index is 0.601. The lowest BCUT2D eigenvalue weighted by Crippen LogP contribution is -1.95. The number of hydrogen-bond donors (Lipinski definition) is 1. The minimum absolute atomic E-state index is 0.601. The van der Waals surface area contributed by atoms with Gasteiger partial charge < -0.3 is 5.32 Å². The summed E-state index contributed by atoms with van der Waals surface area (Å²) in [5, 5.41) is 4.36. The van der Waals surface area contributed by atoms with E-state index in [9.17, 15) is 0 Å². The van der Waals surface area contributed by atoms with Gasteiger partial charge in [-0.05, 0) is 52.7 Å². The van der Waals surface area contributed by atoms with Crippen LogP contribution in [-0.4, -0.2) is 4.98 Å². The van der Waals surface area contributed by atoms with E-state index >= 15 is 0 Å². The molecule has 1 heterocycles. The first-order valence-electron chi connectivity index (χ1n) is 4.90. The summed E-state index contributed by atoms with van der Waals surface area (Å²) in [5.41, 5.74) is 1.82. The van der Waals surface area contributed by atoms with E-state index in [1.54, 1.807) is 24.4 Å². The molecule has 88 valence electrons. The molecule has 0 bridgehead atoms. The third kappa shape index (κ3) is 3.12. The van der Waals surface area contributed by atoms with Gasteiger partial charge >= 0.3 is 0 Å². The van der Waals surface area contributed by atoms with Gasteiger partial charge in [0.2, 0.25) is 0 Å². The predicted octanol–water partition coefficient (Wildman–Crippen LogP) is 5.20. The number of nitrogens with zero attached hydrogens (tertiary/aromatic N) is 1. The van der Waals surface area contributed by atoms with Crippen LogP contribution in [-0.2, 0) is 0 Å². The quantitative estimate of drug-likeness (QED) is 0.817. The van der Waals surface area contributed by atoms with Crippen molar-refractivity contribution in [2.75, 3.05) is 5.32 Å². The molecule has 1 N–H and O–H groups in total. The molecule has 0 aliphatic rings. The maximum atomic E-state index is 6.07. The molecule has 0 aliphatic heterocycles. The Morgan fingerprint density at radius 2 is 2.00 bits per heavy atom. The van der Waals surface area contributed by atoms with E-state index in [0.717, 1.165) is 15.7 Å². The smallest absolute Gasteiger partial charge is 0.144 e. The number of hydrogen-bond acceptors (Lipinski definition) is 2. The molecule has 2 rings (SSSR count). The Bertz CT molecular complexity index is 558. The first-order chi connectivity index (χ1) is 8.06. The van der Waals surface area contributed by atoms with Gasteiger partial charge in [-0.1, -0.05) is 23.2 Å². The third-order valence-corrected chi connectivity index (χ3v) is 3.33. The van der Waals surface area contributed by atoms with Crippen molar-refractivity contribution < 1.29 is 0 Å². The van der Waals surface area contributed by atoms with E-state index in [2.05, 4.69) is 26.2 Å². The molecular weight excluding hydrogens is 323 g/mol. The number of halogens is 3. The number of benzene rings is 1. The number of aryl methyl sites for hydroxylation is 1. The molecule has 5 heteroatoms. The van der Waals surface area contributed by atoms with Gasteiger partial charge in [0.1, 0.15) is 5.82 Å². The third-order valence-electron chi connectivity index (χ3n) is 2.16. The summed E-state index contributed by atoms with van der Waals surface area (Å²) in [6.07, 6.45) is 1.78. The van der Waals surface area contributed by atoms with E-state index in [4.69, 9.17) is 23.2 Å². The lowest BCUT2D eigenvalue weighted by Gasteiger charge is -2.10. The van der Waals surface area contributed by atoms with Gasteiger partial charge in [-0.2, -0.15) is 0 Å². The van der Waals surface area contributed by atoms with Gasteiger partial charge in [0.05, 0.1) is 15.2 Å². The van der Waals surface area contributed by atoms with Crippen molar-refractivity contribution in [1.82, 2.24) is 4.98 Å². The second-order valence-electron chi connectivity index (χ2n) is 3.59. The molecule has 0 spiro atoms. The summed E-state index contributed by atoms with van der Waals surface area (Å²) in [7, 11) is 0. The molecule has 2 aromatic rings. The standard InChI is InChI=1S/C12H9BrCl2N2/c1-7-4-9(13)12(16-6-7)17-11-5-8(14)2-3-10(11)15/h2-6H,1H3,(H,16,17). The van der Waals surface area contributed by atoms with E-state index in [0.29, 0.717) is 15.9 Å². The van der Waals surface area contributed by atoms with Crippen molar-refractivity contribution in [2.24, 2.45) is 0 Å². The Kier molecular flexibility index (Phi) is 3.92. The first kappa shape index (κ1) is 12.7. The van der Waals surface area contributed by atoms with Gasteiger partial charge in [0.15, 0.2) is 0 Å². The molecule has 0 atom stereocenters. The fraction of sp³-hybridized carbons (Fsp3) is 0.0833. The highest BCUT2D eigenvalue weighted by atomic mass is 79.9. The van der Waals surface area contributed by atoms with Gasteiger partial charge in [-0.25, -0.2) is 4.98 Å². The predicted molar refractivity (Wildman–Crippen MR) is 76.4 cm³/mol. The normalized spacial score (nSPS) is 10.4. The van der Waals surface area contributed by atoms with Crippen LogP contribution < -0.4 is 5.32 Å². The fourth-order valence-corrected chi connectivity index (χ4v) is 2.25. The van der Waals surface area contributed by atoms with Crippen molar-refractivity contribution in [2.45, 2.75) is 6.92 Å². The van der Waals surface area contributed by atoms with Gasteiger partial charge in [0, 0.05) is 11.2 Å². The summed E-state index contributed by atoms with van der Waals surface area (Å²) >= 11 is 15.4. The van der Waals surface area contributed by atoms with Crippen LogP contribution in [0.2, 0.25) is 10.0 Å². The largest absolute Gasteiger partial charge is 0.338 e. The monoisotopic (exact) mass is 330 g/mol. The molecule has 0 fully saturated rings. The molecule has 0 radical (unpaired) electrons. The van der Waals surface area contributed by atoms with Crippen LogP contribution in [0.3, 0.4) is 0 Å². The zero-order chi connectivity index (χ0) is 12.4. The van der Waals surface area contributed by atoms with E-state index in [1.807, 2.05) is 13.0 Å². The van der Waals surface area contributed by atoms with Crippen LogP contribution in [0, 0.1) is 6.92 Å². The molecular formula is C12H9BrCl2N2. The highest BCUT2D eigenvalue weighted by Crippen LogP contribution is 2.30. The number of anilines is 2. The Balaban J connectivity index is 2.34. The molecule has 1 aromatic heterocycles. The SMILES string of the molecule is Cc1cnc(Nc2cc(Cl)ccc2Cl)c(Br)c1. The van der Waals surface area contributed by atoms with Crippen LogP contribution in [0.25, 0.3) is 0 Å². The summed E-state index contributed by atoms with van der Waals surface area (Å²) in [6, 6.07) is 7.23. The number of rotatable bonds is 2. The fourth-order valence-electron chi connectivity index (χ4n) is 1.35. The van der Waals surface area contributed by atoms with Crippen LogP contribution >= 0.6 is 39.1 Å². The molecule has 0 saturated heterocycles. The lowest BCUT2D eigenvalue weighted by atomic mass is 10.3.